The number of carboxylic acid groups (broad SMARTS) is 2. The van der Waals surface area contributed by atoms with E-state index < -0.39 is 41.1 Å². The second-order valence-corrected chi connectivity index (χ2v) is 5.89. The monoisotopic (exact) mass is 457 g/mol. The number of hydrogen-bond donors (Lipinski definition) is 1. The first-order valence-electron chi connectivity index (χ1n) is 6.92. The first-order chi connectivity index (χ1) is 12.2. The van der Waals surface area contributed by atoms with Crippen LogP contribution in [0.25, 0.3) is 11.1 Å². The molecule has 11 heteroatoms. The van der Waals surface area contributed by atoms with Crippen molar-refractivity contribution >= 4 is 26.7 Å². The minimum absolute atomic E-state index is 0. The van der Waals surface area contributed by atoms with Gasteiger partial charge in [-0.3, -0.25) is 0 Å². The van der Waals surface area contributed by atoms with Crippen molar-refractivity contribution in [3.05, 3.63) is 59.2 Å². The van der Waals surface area contributed by atoms with Crippen LogP contribution in [0.15, 0.2) is 35.5 Å². The summed E-state index contributed by atoms with van der Waals surface area (Å²) in [5.41, 5.74) is -0.860. The van der Waals surface area contributed by atoms with Crippen molar-refractivity contribution in [2.75, 3.05) is 0 Å². The third kappa shape index (κ3) is 5.93. The molecular weight excluding hydrogens is 449 g/mol. The average Bonchev–Trinajstić information content (AvgIpc) is 2.92. The third-order valence-electron chi connectivity index (χ3n) is 3.28. The van der Waals surface area contributed by atoms with Gasteiger partial charge in [-0.05, 0) is 34.1 Å². The Kier molecular flexibility index (Phi) is 8.73. The smallest absolute Gasteiger partial charge is 0.565 e. The molecule has 2 aromatic carbocycles. The summed E-state index contributed by atoms with van der Waals surface area (Å²) in [5, 5.41) is 18.9. The van der Waals surface area contributed by atoms with Crippen molar-refractivity contribution in [1.82, 2.24) is 0 Å². The standard InChI is InChI=1S/C15H8BrF4NO.CH2O3.Na/c16-13-6-12(22-21-13)15-8(4-7(17)5-11(15)20)14-9(18)2-1-3-10(14)19;2-1(3)4;/h1-5,12H,6H2;(H2,2,3,4);/q;;+1/p-1. The molecule has 1 aliphatic rings. The molecule has 0 saturated heterocycles. The molecule has 0 aliphatic carbocycles. The minimum atomic E-state index is -2.08. The van der Waals surface area contributed by atoms with Crippen LogP contribution in [0.5, 0.6) is 0 Å². The second kappa shape index (κ2) is 10.1. The van der Waals surface area contributed by atoms with E-state index in [1.165, 1.54) is 6.07 Å². The number of nitrogens with zero attached hydrogens (tertiary/aromatic N) is 1. The van der Waals surface area contributed by atoms with Crippen molar-refractivity contribution in [3.63, 3.8) is 0 Å². The topological polar surface area (TPSA) is 82.0 Å². The molecule has 3 rings (SSSR count). The van der Waals surface area contributed by atoms with Gasteiger partial charge in [-0.1, -0.05) is 11.2 Å². The molecule has 1 unspecified atom stereocenters. The van der Waals surface area contributed by atoms with E-state index in [1.807, 2.05) is 0 Å². The molecule has 1 N–H and O–H groups in total. The zero-order chi connectivity index (χ0) is 19.4. The number of carbonyl (C=O) groups is 1. The average molecular weight is 458 g/mol. The Balaban J connectivity index is 0.000000666. The Bertz CT molecular complexity index is 857. The van der Waals surface area contributed by atoms with Crippen molar-refractivity contribution in [3.8, 4) is 11.1 Å². The van der Waals surface area contributed by atoms with E-state index in [0.29, 0.717) is 10.7 Å². The maximum Gasteiger partial charge on any atom is 1.00 e. The van der Waals surface area contributed by atoms with E-state index in [1.54, 1.807) is 0 Å². The summed E-state index contributed by atoms with van der Waals surface area (Å²) in [6.07, 6.45) is -2.78. The molecule has 0 radical (unpaired) electrons. The van der Waals surface area contributed by atoms with Crippen LogP contribution >= 0.6 is 15.9 Å². The summed E-state index contributed by atoms with van der Waals surface area (Å²) in [6.45, 7) is 0. The molecule has 0 bridgehead atoms. The maximum absolute atomic E-state index is 14.2. The van der Waals surface area contributed by atoms with Crippen molar-refractivity contribution < 1.29 is 67.0 Å². The van der Waals surface area contributed by atoms with Crippen molar-refractivity contribution in [2.24, 2.45) is 5.16 Å². The third-order valence-corrected chi connectivity index (χ3v) is 3.75. The summed E-state index contributed by atoms with van der Waals surface area (Å²) in [6, 6.07) is 4.75. The van der Waals surface area contributed by atoms with Gasteiger partial charge in [0.15, 0.2) is 6.10 Å². The van der Waals surface area contributed by atoms with Crippen LogP contribution in [-0.2, 0) is 4.84 Å². The Morgan fingerprint density at radius 2 is 1.74 bits per heavy atom. The van der Waals surface area contributed by atoms with Gasteiger partial charge in [0.25, 0.3) is 0 Å². The first-order valence-corrected chi connectivity index (χ1v) is 7.71. The Morgan fingerprint density at radius 1 is 1.19 bits per heavy atom. The largest absolute Gasteiger partial charge is 1.00 e. The molecule has 138 valence electrons. The van der Waals surface area contributed by atoms with Crippen LogP contribution in [-0.4, -0.2) is 15.9 Å². The van der Waals surface area contributed by atoms with E-state index in [2.05, 4.69) is 21.1 Å². The molecule has 2 aromatic rings. The normalized spacial score (nSPS) is 15.0. The van der Waals surface area contributed by atoms with Gasteiger partial charge >= 0.3 is 29.6 Å². The molecular formula is C16H9BrF4NNaO4. The molecule has 0 saturated carbocycles. The number of oxime groups is 1. The van der Waals surface area contributed by atoms with E-state index in [9.17, 15) is 17.6 Å². The Labute approximate surface area is 181 Å². The fourth-order valence-corrected chi connectivity index (χ4v) is 2.75. The molecule has 0 spiro atoms. The van der Waals surface area contributed by atoms with Crippen LogP contribution in [0, 0.1) is 23.3 Å². The Hall–Kier alpha value is -1.62. The quantitative estimate of drug-likeness (QED) is 0.538. The van der Waals surface area contributed by atoms with Gasteiger partial charge in [0.1, 0.15) is 27.9 Å². The number of rotatable bonds is 2. The molecule has 0 aromatic heterocycles. The van der Waals surface area contributed by atoms with Gasteiger partial charge in [-0.15, -0.1) is 0 Å². The van der Waals surface area contributed by atoms with Gasteiger partial charge in [0.2, 0.25) is 6.16 Å². The van der Waals surface area contributed by atoms with E-state index in [0.717, 1.165) is 18.2 Å². The summed E-state index contributed by atoms with van der Waals surface area (Å²) in [5.74, 6) is -3.70. The van der Waals surface area contributed by atoms with Crippen LogP contribution < -0.4 is 34.7 Å². The van der Waals surface area contributed by atoms with Crippen LogP contribution in [0.4, 0.5) is 22.4 Å². The summed E-state index contributed by atoms with van der Waals surface area (Å²) in [7, 11) is 0. The fourth-order valence-electron chi connectivity index (χ4n) is 2.38. The van der Waals surface area contributed by atoms with Crippen molar-refractivity contribution in [2.45, 2.75) is 12.5 Å². The number of benzene rings is 2. The van der Waals surface area contributed by atoms with Gasteiger partial charge in [0, 0.05) is 23.6 Å². The Morgan fingerprint density at radius 3 is 2.22 bits per heavy atom. The van der Waals surface area contributed by atoms with Gasteiger partial charge in [0.05, 0.1) is 5.56 Å². The van der Waals surface area contributed by atoms with Gasteiger partial charge in [-0.25, -0.2) is 17.6 Å². The molecule has 1 atom stereocenters. The molecule has 1 aliphatic heterocycles. The van der Waals surface area contributed by atoms with E-state index in [4.69, 9.17) is 19.8 Å². The van der Waals surface area contributed by atoms with Crippen LogP contribution in [0.2, 0.25) is 0 Å². The summed E-state index contributed by atoms with van der Waals surface area (Å²) < 4.78 is 56.2. The zero-order valence-corrected chi connectivity index (χ0v) is 17.3. The molecule has 5 nitrogen and oxygen atoms in total. The predicted molar refractivity (Wildman–Crippen MR) is 84.5 cm³/mol. The summed E-state index contributed by atoms with van der Waals surface area (Å²) in [4.78, 5) is 13.5. The van der Waals surface area contributed by atoms with Crippen LogP contribution in [0.1, 0.15) is 18.1 Å². The maximum atomic E-state index is 14.2. The SMILES string of the molecule is Fc1cc(F)c(C2CC(Br)=NO2)c(-c2c(F)cccc2F)c1.O=C([O-])O.[Na+]. The summed E-state index contributed by atoms with van der Waals surface area (Å²) >= 11 is 3.11. The molecule has 27 heavy (non-hydrogen) atoms. The second-order valence-electron chi connectivity index (χ2n) is 4.98. The van der Waals surface area contributed by atoms with Crippen LogP contribution in [0.3, 0.4) is 0 Å². The predicted octanol–water partition coefficient (Wildman–Crippen LogP) is 0.972. The molecule has 0 amide bonds. The number of hydrogen-bond acceptors (Lipinski definition) is 4. The molecule has 1 heterocycles. The van der Waals surface area contributed by atoms with E-state index in [-0.39, 0.29) is 47.1 Å². The molecule has 0 fully saturated rings. The van der Waals surface area contributed by atoms with Crippen molar-refractivity contribution in [1.29, 1.82) is 0 Å². The van der Waals surface area contributed by atoms with Gasteiger partial charge in [-0.2, -0.15) is 0 Å². The first kappa shape index (κ1) is 23.4. The minimum Gasteiger partial charge on any atom is -0.565 e. The fraction of sp³-hybridized carbons (Fsp3) is 0.125. The van der Waals surface area contributed by atoms with Gasteiger partial charge < -0.3 is 19.8 Å². The zero-order valence-electron chi connectivity index (χ0n) is 13.7. The van der Waals surface area contributed by atoms with E-state index >= 15 is 0 Å². The number of halogens is 5.